The van der Waals surface area contributed by atoms with E-state index >= 15 is 0 Å². The van der Waals surface area contributed by atoms with E-state index in [2.05, 4.69) is 41.3 Å². The summed E-state index contributed by atoms with van der Waals surface area (Å²) < 4.78 is 5.18. The third-order valence-electron chi connectivity index (χ3n) is 4.17. The molecule has 0 radical (unpaired) electrons. The van der Waals surface area contributed by atoms with Gasteiger partial charge < -0.3 is 15.4 Å². The summed E-state index contributed by atoms with van der Waals surface area (Å²) in [5, 5.41) is 6.90. The molecule has 0 aliphatic carbocycles. The van der Waals surface area contributed by atoms with Crippen LogP contribution in [0.25, 0.3) is 0 Å². The SMILES string of the molecule is CN=C(NCC1CCCN1CCOC)NC(C)C(C)C. The molecule has 0 bridgehead atoms. The number of nitrogens with one attached hydrogen (secondary N) is 2. The van der Waals surface area contributed by atoms with Gasteiger partial charge in [0.25, 0.3) is 0 Å². The molecule has 1 fully saturated rings. The monoisotopic (exact) mass is 284 g/mol. The maximum absolute atomic E-state index is 5.18. The average Bonchev–Trinajstić information content (AvgIpc) is 2.88. The minimum Gasteiger partial charge on any atom is -0.383 e. The van der Waals surface area contributed by atoms with E-state index in [0.717, 1.165) is 25.7 Å². The molecule has 0 amide bonds. The van der Waals surface area contributed by atoms with Gasteiger partial charge in [0.05, 0.1) is 6.61 Å². The van der Waals surface area contributed by atoms with Gasteiger partial charge in [-0.1, -0.05) is 13.8 Å². The molecule has 2 unspecified atom stereocenters. The van der Waals surface area contributed by atoms with Crippen molar-refractivity contribution in [2.24, 2.45) is 10.9 Å². The molecule has 1 heterocycles. The highest BCUT2D eigenvalue weighted by atomic mass is 16.5. The molecule has 0 aromatic carbocycles. The Balaban J connectivity index is 2.36. The van der Waals surface area contributed by atoms with Crippen molar-refractivity contribution < 1.29 is 4.74 Å². The predicted molar refractivity (Wildman–Crippen MR) is 85.3 cm³/mol. The highest BCUT2D eigenvalue weighted by Crippen LogP contribution is 2.15. The maximum Gasteiger partial charge on any atom is 0.191 e. The van der Waals surface area contributed by atoms with Crippen LogP contribution in [0.1, 0.15) is 33.6 Å². The molecule has 1 aliphatic heterocycles. The summed E-state index contributed by atoms with van der Waals surface area (Å²) in [6.45, 7) is 10.6. The Kier molecular flexibility index (Phi) is 7.92. The van der Waals surface area contributed by atoms with Gasteiger partial charge in [-0.05, 0) is 32.2 Å². The normalized spacial score (nSPS) is 22.3. The molecule has 5 nitrogen and oxygen atoms in total. The van der Waals surface area contributed by atoms with Crippen LogP contribution in [-0.2, 0) is 4.74 Å². The largest absolute Gasteiger partial charge is 0.383 e. The van der Waals surface area contributed by atoms with Gasteiger partial charge in [0, 0.05) is 39.3 Å². The first-order chi connectivity index (χ1) is 9.58. The van der Waals surface area contributed by atoms with Crippen LogP contribution in [0.5, 0.6) is 0 Å². The number of rotatable bonds is 7. The van der Waals surface area contributed by atoms with Crippen molar-refractivity contribution >= 4 is 5.96 Å². The Morgan fingerprint density at radius 1 is 1.40 bits per heavy atom. The molecule has 0 spiro atoms. The molecule has 0 saturated carbocycles. The van der Waals surface area contributed by atoms with E-state index in [1.54, 1.807) is 7.11 Å². The fourth-order valence-corrected chi connectivity index (χ4v) is 2.42. The maximum atomic E-state index is 5.18. The number of hydrogen-bond donors (Lipinski definition) is 2. The second-order valence-electron chi connectivity index (χ2n) is 5.95. The number of nitrogens with zero attached hydrogens (tertiary/aromatic N) is 2. The highest BCUT2D eigenvalue weighted by Gasteiger charge is 2.24. The molecular formula is C15H32N4O. The van der Waals surface area contributed by atoms with Gasteiger partial charge in [0.15, 0.2) is 5.96 Å². The zero-order valence-corrected chi connectivity index (χ0v) is 13.8. The second kappa shape index (κ2) is 9.19. The first-order valence-corrected chi connectivity index (χ1v) is 7.78. The average molecular weight is 284 g/mol. The van der Waals surface area contributed by atoms with Crippen LogP contribution in [0.2, 0.25) is 0 Å². The van der Waals surface area contributed by atoms with Gasteiger partial charge in [-0.25, -0.2) is 0 Å². The van der Waals surface area contributed by atoms with E-state index in [0.29, 0.717) is 18.0 Å². The second-order valence-corrected chi connectivity index (χ2v) is 5.95. The zero-order valence-electron chi connectivity index (χ0n) is 13.8. The topological polar surface area (TPSA) is 48.9 Å². The summed E-state index contributed by atoms with van der Waals surface area (Å²) >= 11 is 0. The summed E-state index contributed by atoms with van der Waals surface area (Å²) in [6.07, 6.45) is 2.54. The number of methoxy groups -OCH3 is 1. The highest BCUT2D eigenvalue weighted by molar-refractivity contribution is 5.79. The van der Waals surface area contributed by atoms with Crippen LogP contribution >= 0.6 is 0 Å². The minimum atomic E-state index is 0.425. The standard InChI is InChI=1S/C15H32N4O/c1-12(2)13(3)18-15(16-4)17-11-14-7-6-8-19(14)9-10-20-5/h12-14H,6-11H2,1-5H3,(H2,16,17,18). The molecule has 2 N–H and O–H groups in total. The lowest BCUT2D eigenvalue weighted by Gasteiger charge is -2.26. The van der Waals surface area contributed by atoms with Crippen molar-refractivity contribution in [1.29, 1.82) is 0 Å². The Morgan fingerprint density at radius 2 is 2.15 bits per heavy atom. The van der Waals surface area contributed by atoms with Crippen molar-refractivity contribution in [3.05, 3.63) is 0 Å². The van der Waals surface area contributed by atoms with Gasteiger partial charge in [-0.3, -0.25) is 9.89 Å². The molecular weight excluding hydrogens is 252 g/mol. The summed E-state index contributed by atoms with van der Waals surface area (Å²) in [4.78, 5) is 6.82. The molecule has 1 aliphatic rings. The quantitative estimate of drug-likeness (QED) is 0.547. The molecule has 5 heteroatoms. The lowest BCUT2D eigenvalue weighted by molar-refractivity contribution is 0.141. The third-order valence-corrected chi connectivity index (χ3v) is 4.17. The van der Waals surface area contributed by atoms with Crippen molar-refractivity contribution in [3.8, 4) is 0 Å². The van der Waals surface area contributed by atoms with E-state index in [-0.39, 0.29) is 0 Å². The zero-order chi connectivity index (χ0) is 15.0. The van der Waals surface area contributed by atoms with E-state index in [9.17, 15) is 0 Å². The molecule has 118 valence electrons. The van der Waals surface area contributed by atoms with Crippen molar-refractivity contribution in [2.45, 2.75) is 45.7 Å². The Labute approximate surface area is 124 Å². The number of hydrogen-bond acceptors (Lipinski definition) is 3. The van der Waals surface area contributed by atoms with Gasteiger partial charge in [-0.15, -0.1) is 0 Å². The van der Waals surface area contributed by atoms with Crippen LogP contribution in [0.15, 0.2) is 4.99 Å². The van der Waals surface area contributed by atoms with Crippen LogP contribution in [0, 0.1) is 5.92 Å². The first-order valence-electron chi connectivity index (χ1n) is 7.78. The molecule has 0 aromatic heterocycles. The molecule has 1 saturated heterocycles. The molecule has 20 heavy (non-hydrogen) atoms. The van der Waals surface area contributed by atoms with Gasteiger partial charge in [0.1, 0.15) is 0 Å². The summed E-state index contributed by atoms with van der Waals surface area (Å²) in [7, 11) is 3.60. The minimum absolute atomic E-state index is 0.425. The number of guanidine groups is 1. The number of aliphatic imine (C=N–C) groups is 1. The summed E-state index contributed by atoms with van der Waals surface area (Å²) in [5.74, 6) is 1.50. The van der Waals surface area contributed by atoms with E-state index < -0.39 is 0 Å². The fraction of sp³-hybridized carbons (Fsp3) is 0.933. The van der Waals surface area contributed by atoms with Crippen LogP contribution in [-0.4, -0.2) is 63.3 Å². The van der Waals surface area contributed by atoms with Crippen LogP contribution in [0.3, 0.4) is 0 Å². The van der Waals surface area contributed by atoms with E-state index in [4.69, 9.17) is 4.74 Å². The number of likely N-dealkylation sites (tertiary alicyclic amines) is 1. The fourth-order valence-electron chi connectivity index (χ4n) is 2.42. The number of ether oxygens (including phenoxy) is 1. The van der Waals surface area contributed by atoms with E-state index in [1.807, 2.05) is 7.05 Å². The van der Waals surface area contributed by atoms with Gasteiger partial charge in [-0.2, -0.15) is 0 Å². The Hall–Kier alpha value is -0.810. The van der Waals surface area contributed by atoms with Crippen LogP contribution < -0.4 is 10.6 Å². The molecule has 1 rings (SSSR count). The predicted octanol–water partition coefficient (Wildman–Crippen LogP) is 1.31. The third kappa shape index (κ3) is 5.67. The van der Waals surface area contributed by atoms with E-state index in [1.165, 1.54) is 19.4 Å². The Morgan fingerprint density at radius 3 is 2.75 bits per heavy atom. The van der Waals surface area contributed by atoms with Crippen molar-refractivity contribution in [2.75, 3.05) is 40.4 Å². The first kappa shape index (κ1) is 17.2. The summed E-state index contributed by atoms with van der Waals surface area (Å²) in [5.41, 5.74) is 0. The lowest BCUT2D eigenvalue weighted by Crippen LogP contribution is -2.48. The van der Waals surface area contributed by atoms with Crippen molar-refractivity contribution in [3.63, 3.8) is 0 Å². The smallest absolute Gasteiger partial charge is 0.191 e. The van der Waals surface area contributed by atoms with Crippen LogP contribution in [0.4, 0.5) is 0 Å². The Bertz CT molecular complexity index is 294. The van der Waals surface area contributed by atoms with Gasteiger partial charge >= 0.3 is 0 Å². The van der Waals surface area contributed by atoms with Gasteiger partial charge in [0.2, 0.25) is 0 Å². The molecule has 2 atom stereocenters. The summed E-state index contributed by atoms with van der Waals surface area (Å²) in [6, 6.07) is 1.02. The lowest BCUT2D eigenvalue weighted by atomic mass is 10.1. The molecule has 0 aromatic rings. The van der Waals surface area contributed by atoms with Crippen molar-refractivity contribution in [1.82, 2.24) is 15.5 Å².